The fourth-order valence-electron chi connectivity index (χ4n) is 1.28. The Labute approximate surface area is 113 Å². The normalized spacial score (nSPS) is 13.9. The summed E-state index contributed by atoms with van der Waals surface area (Å²) in [6.07, 6.45) is -2.46. The first-order chi connectivity index (χ1) is 9.35. The minimum atomic E-state index is -4.17. The van der Waals surface area contributed by atoms with Crippen molar-refractivity contribution >= 4 is 0 Å². The summed E-state index contributed by atoms with van der Waals surface area (Å²) < 4.78 is 58.2. The lowest BCUT2D eigenvalue weighted by Crippen LogP contribution is -2.32. The number of halogens is 4. The first kappa shape index (κ1) is 16.8. The van der Waals surface area contributed by atoms with Gasteiger partial charge in [0.1, 0.15) is 13.2 Å². The first-order valence-electron chi connectivity index (χ1n) is 6.07. The molecule has 1 unspecified atom stereocenters. The number of ether oxygens (including phenoxy) is 1. The number of aromatic nitrogens is 2. The minimum absolute atomic E-state index is 0.0576. The highest BCUT2D eigenvalue weighted by atomic mass is 19.3. The second-order valence-electron chi connectivity index (χ2n) is 4.39. The third-order valence-electron chi connectivity index (χ3n) is 2.64. The molecule has 0 aromatic carbocycles. The molecule has 1 heterocycles. The van der Waals surface area contributed by atoms with Gasteiger partial charge in [-0.05, 0) is 20.4 Å². The summed E-state index contributed by atoms with van der Waals surface area (Å²) in [6.45, 7) is 0.200. The molecule has 1 atom stereocenters. The van der Waals surface area contributed by atoms with Crippen molar-refractivity contribution in [1.29, 1.82) is 0 Å². The van der Waals surface area contributed by atoms with E-state index < -0.39 is 25.6 Å². The van der Waals surface area contributed by atoms with Crippen molar-refractivity contribution < 1.29 is 26.8 Å². The van der Waals surface area contributed by atoms with Gasteiger partial charge >= 0.3 is 12.3 Å². The molecule has 0 aliphatic rings. The number of rotatable bonds is 9. The molecule has 1 aromatic heterocycles. The molecular formula is C11H17F4N3O2. The minimum Gasteiger partial charge on any atom is -0.367 e. The highest BCUT2D eigenvalue weighted by Gasteiger charge is 2.41. The molecule has 0 aliphatic heterocycles. The van der Waals surface area contributed by atoms with Gasteiger partial charge in [0.15, 0.2) is 5.82 Å². The number of hydrogen-bond donors (Lipinski definition) is 1. The van der Waals surface area contributed by atoms with Crippen molar-refractivity contribution in [3.8, 4) is 0 Å². The number of hydrogen-bond acceptors (Lipinski definition) is 5. The average molecular weight is 299 g/mol. The van der Waals surface area contributed by atoms with E-state index in [1.54, 1.807) is 0 Å². The lowest BCUT2D eigenvalue weighted by atomic mass is 10.2. The van der Waals surface area contributed by atoms with Gasteiger partial charge in [-0.2, -0.15) is 13.8 Å². The van der Waals surface area contributed by atoms with Crippen LogP contribution < -0.4 is 5.32 Å². The zero-order valence-corrected chi connectivity index (χ0v) is 11.2. The van der Waals surface area contributed by atoms with Crippen LogP contribution in [-0.4, -0.2) is 42.2 Å². The second kappa shape index (κ2) is 7.53. The van der Waals surface area contributed by atoms with E-state index in [9.17, 15) is 17.6 Å². The van der Waals surface area contributed by atoms with E-state index in [1.807, 2.05) is 14.0 Å². The van der Waals surface area contributed by atoms with Gasteiger partial charge < -0.3 is 14.6 Å². The molecule has 20 heavy (non-hydrogen) atoms. The van der Waals surface area contributed by atoms with E-state index in [4.69, 9.17) is 4.52 Å². The predicted octanol–water partition coefficient (Wildman–Crippen LogP) is 2.03. The number of aryl methyl sites for hydroxylation is 1. The summed E-state index contributed by atoms with van der Waals surface area (Å²) >= 11 is 0. The zero-order valence-electron chi connectivity index (χ0n) is 11.2. The van der Waals surface area contributed by atoms with Gasteiger partial charge in [-0.25, -0.2) is 8.78 Å². The third-order valence-corrected chi connectivity index (χ3v) is 2.64. The SMILES string of the molecule is CNC(C)CCc1nc(COCC(F)(F)C(F)F)no1. The van der Waals surface area contributed by atoms with Crippen LogP contribution in [-0.2, 0) is 17.8 Å². The van der Waals surface area contributed by atoms with Crippen molar-refractivity contribution in [3.63, 3.8) is 0 Å². The standard InChI is InChI=1S/C11H17F4N3O2/c1-7(16-2)3-4-9-17-8(18-20-9)5-19-6-11(14,15)10(12)13/h7,10,16H,3-6H2,1-2H3. The van der Waals surface area contributed by atoms with Crippen molar-refractivity contribution in [2.75, 3.05) is 13.7 Å². The van der Waals surface area contributed by atoms with Gasteiger partial charge in [0.2, 0.25) is 5.89 Å². The molecule has 9 heteroatoms. The summed E-state index contributed by atoms with van der Waals surface area (Å²) in [6, 6.07) is 0.270. The molecule has 0 aliphatic carbocycles. The summed E-state index contributed by atoms with van der Waals surface area (Å²) in [7, 11) is 1.82. The van der Waals surface area contributed by atoms with Crippen LogP contribution in [0.5, 0.6) is 0 Å². The highest BCUT2D eigenvalue weighted by Crippen LogP contribution is 2.23. The van der Waals surface area contributed by atoms with Gasteiger partial charge in [0.05, 0.1) is 0 Å². The lowest BCUT2D eigenvalue weighted by molar-refractivity contribution is -0.168. The molecule has 0 fully saturated rings. The number of nitrogens with one attached hydrogen (secondary N) is 1. The Morgan fingerprint density at radius 2 is 2.10 bits per heavy atom. The number of alkyl halides is 4. The maximum absolute atomic E-state index is 12.6. The van der Waals surface area contributed by atoms with Gasteiger partial charge in [0.25, 0.3) is 0 Å². The van der Waals surface area contributed by atoms with Crippen LogP contribution in [0.15, 0.2) is 4.52 Å². The Morgan fingerprint density at radius 1 is 1.40 bits per heavy atom. The van der Waals surface area contributed by atoms with Crippen LogP contribution in [0.2, 0.25) is 0 Å². The van der Waals surface area contributed by atoms with Gasteiger partial charge in [-0.1, -0.05) is 5.16 Å². The first-order valence-corrected chi connectivity index (χ1v) is 6.07. The Balaban J connectivity index is 2.34. The molecule has 0 bridgehead atoms. The van der Waals surface area contributed by atoms with Crippen LogP contribution in [0, 0.1) is 0 Å². The van der Waals surface area contributed by atoms with Crippen molar-refractivity contribution in [1.82, 2.24) is 15.5 Å². The van der Waals surface area contributed by atoms with Gasteiger partial charge in [0, 0.05) is 12.5 Å². The van der Waals surface area contributed by atoms with E-state index >= 15 is 0 Å². The molecule has 0 amide bonds. The summed E-state index contributed by atoms with van der Waals surface area (Å²) in [4.78, 5) is 3.92. The fourth-order valence-corrected chi connectivity index (χ4v) is 1.28. The Morgan fingerprint density at radius 3 is 2.70 bits per heavy atom. The lowest BCUT2D eigenvalue weighted by Gasteiger charge is -2.14. The molecular weight excluding hydrogens is 282 g/mol. The zero-order chi connectivity index (χ0) is 15.2. The van der Waals surface area contributed by atoms with Crippen LogP contribution in [0.4, 0.5) is 17.6 Å². The smallest absolute Gasteiger partial charge is 0.330 e. The third kappa shape index (κ3) is 5.41. The fraction of sp³-hybridized carbons (Fsp3) is 0.818. The average Bonchev–Trinajstić information content (AvgIpc) is 2.83. The molecule has 0 saturated carbocycles. The van der Waals surface area contributed by atoms with E-state index in [0.29, 0.717) is 12.3 Å². The summed E-state index contributed by atoms with van der Waals surface area (Å²) in [5, 5.41) is 6.56. The van der Waals surface area contributed by atoms with E-state index in [1.165, 1.54) is 0 Å². The van der Waals surface area contributed by atoms with Crippen molar-refractivity contribution in [3.05, 3.63) is 11.7 Å². The van der Waals surface area contributed by atoms with Crippen LogP contribution >= 0.6 is 0 Å². The van der Waals surface area contributed by atoms with E-state index in [-0.39, 0.29) is 11.9 Å². The maximum Gasteiger partial charge on any atom is 0.330 e. The Hall–Kier alpha value is -1.22. The molecule has 116 valence electrons. The van der Waals surface area contributed by atoms with Gasteiger partial charge in [-0.3, -0.25) is 0 Å². The van der Waals surface area contributed by atoms with E-state index in [0.717, 1.165) is 6.42 Å². The largest absolute Gasteiger partial charge is 0.367 e. The molecule has 0 radical (unpaired) electrons. The quantitative estimate of drug-likeness (QED) is 0.707. The summed E-state index contributed by atoms with van der Waals surface area (Å²) in [5.74, 6) is -3.76. The Bertz CT molecular complexity index is 401. The van der Waals surface area contributed by atoms with Crippen molar-refractivity contribution in [2.24, 2.45) is 0 Å². The predicted molar refractivity (Wildman–Crippen MR) is 61.7 cm³/mol. The van der Waals surface area contributed by atoms with Crippen LogP contribution in [0.25, 0.3) is 0 Å². The molecule has 1 N–H and O–H groups in total. The van der Waals surface area contributed by atoms with Crippen LogP contribution in [0.1, 0.15) is 25.1 Å². The monoisotopic (exact) mass is 299 g/mol. The molecule has 1 aromatic rings. The molecule has 1 rings (SSSR count). The molecule has 0 spiro atoms. The summed E-state index contributed by atoms with van der Waals surface area (Å²) in [5.41, 5.74) is 0. The van der Waals surface area contributed by atoms with Crippen LogP contribution in [0.3, 0.4) is 0 Å². The maximum atomic E-state index is 12.6. The topological polar surface area (TPSA) is 60.2 Å². The highest BCUT2D eigenvalue weighted by molar-refractivity contribution is 4.85. The van der Waals surface area contributed by atoms with E-state index in [2.05, 4.69) is 20.2 Å². The molecule has 5 nitrogen and oxygen atoms in total. The second-order valence-corrected chi connectivity index (χ2v) is 4.39. The van der Waals surface area contributed by atoms with Crippen molar-refractivity contribution in [2.45, 2.75) is 44.8 Å². The van der Waals surface area contributed by atoms with Gasteiger partial charge in [-0.15, -0.1) is 0 Å². The Kier molecular flexibility index (Phi) is 6.34. The molecule has 0 saturated heterocycles. The number of nitrogens with zero attached hydrogens (tertiary/aromatic N) is 2.